The summed E-state index contributed by atoms with van der Waals surface area (Å²) in [4.78, 5) is 27.2. The third kappa shape index (κ3) is 4.07. The molecule has 6 rings (SSSR count). The number of nitrogens with one attached hydrogen (secondary N) is 1. The van der Waals surface area contributed by atoms with Crippen molar-refractivity contribution in [3.05, 3.63) is 41.0 Å². The van der Waals surface area contributed by atoms with Gasteiger partial charge in [-0.25, -0.2) is 0 Å². The highest BCUT2D eigenvalue weighted by Crippen LogP contribution is 2.55. The van der Waals surface area contributed by atoms with E-state index in [1.807, 2.05) is 17.0 Å². The van der Waals surface area contributed by atoms with Crippen LogP contribution in [0.15, 0.2) is 24.3 Å². The molecule has 10 nitrogen and oxygen atoms in total. The Labute approximate surface area is 220 Å². The van der Waals surface area contributed by atoms with Crippen LogP contribution >= 0.6 is 0 Å². The average Bonchev–Trinajstić information content (AvgIpc) is 3.65. The maximum absolute atomic E-state index is 13.2. The lowest BCUT2D eigenvalue weighted by molar-refractivity contribution is -0.141. The number of nitrogens with zero attached hydrogens (tertiary/aromatic N) is 1. The summed E-state index contributed by atoms with van der Waals surface area (Å²) in [6.07, 6.45) is 2.37. The van der Waals surface area contributed by atoms with Crippen molar-refractivity contribution < 1.29 is 38.4 Å². The highest BCUT2D eigenvalue weighted by atomic mass is 16.7. The number of carbonyl (C=O) groups excluding carboxylic acids is 2. The Morgan fingerprint density at radius 3 is 2.39 bits per heavy atom. The lowest BCUT2D eigenvalue weighted by Gasteiger charge is -2.39. The predicted octanol–water partition coefficient (Wildman–Crippen LogP) is 2.72. The third-order valence-corrected chi connectivity index (χ3v) is 8.19. The fraction of sp³-hybridized carbons (Fsp3) is 0.500. The zero-order valence-electron chi connectivity index (χ0n) is 21.5. The molecule has 0 saturated carbocycles. The van der Waals surface area contributed by atoms with Gasteiger partial charge in [0.05, 0.1) is 26.7 Å². The molecule has 1 aliphatic carbocycles. The van der Waals surface area contributed by atoms with E-state index in [9.17, 15) is 14.7 Å². The zero-order valence-corrected chi connectivity index (χ0v) is 21.5. The number of ether oxygens (including phenoxy) is 5. The first-order chi connectivity index (χ1) is 18.5. The van der Waals surface area contributed by atoms with Crippen LogP contribution in [-0.2, 0) is 14.3 Å². The summed E-state index contributed by atoms with van der Waals surface area (Å²) < 4.78 is 27.9. The van der Waals surface area contributed by atoms with E-state index >= 15 is 0 Å². The van der Waals surface area contributed by atoms with Crippen LogP contribution in [0.3, 0.4) is 0 Å². The number of likely N-dealkylation sites (tertiary alicyclic amines) is 1. The Hall–Kier alpha value is -3.66. The van der Waals surface area contributed by atoms with E-state index in [4.69, 9.17) is 23.7 Å². The van der Waals surface area contributed by atoms with E-state index < -0.39 is 5.92 Å². The second-order valence-electron chi connectivity index (χ2n) is 10.2. The van der Waals surface area contributed by atoms with Crippen molar-refractivity contribution in [1.29, 1.82) is 0 Å². The van der Waals surface area contributed by atoms with Gasteiger partial charge in [-0.1, -0.05) is 0 Å². The van der Waals surface area contributed by atoms with Crippen molar-refractivity contribution in [2.24, 2.45) is 11.8 Å². The number of aromatic hydroxyl groups is 1. The van der Waals surface area contributed by atoms with Gasteiger partial charge in [-0.15, -0.1) is 0 Å². The molecule has 2 fully saturated rings. The molecule has 0 bridgehead atoms. The number of cyclic esters (lactones) is 1. The highest BCUT2D eigenvalue weighted by Gasteiger charge is 2.52. The van der Waals surface area contributed by atoms with E-state index in [2.05, 4.69) is 5.32 Å². The summed E-state index contributed by atoms with van der Waals surface area (Å²) >= 11 is 0. The molecule has 0 radical (unpaired) electrons. The van der Waals surface area contributed by atoms with Gasteiger partial charge in [0.25, 0.3) is 0 Å². The lowest BCUT2D eigenvalue weighted by Crippen LogP contribution is -2.41. The normalized spacial score (nSPS) is 25.3. The fourth-order valence-electron chi connectivity index (χ4n) is 6.39. The average molecular weight is 525 g/mol. The number of phenolic OH excluding ortho intramolecular Hbond substituents is 1. The van der Waals surface area contributed by atoms with Gasteiger partial charge in [0.1, 0.15) is 0 Å². The Kier molecular flexibility index (Phi) is 6.43. The van der Waals surface area contributed by atoms with Crippen LogP contribution in [0.5, 0.6) is 28.7 Å². The van der Waals surface area contributed by atoms with Gasteiger partial charge in [0, 0.05) is 37.4 Å². The number of hydrogen-bond donors (Lipinski definition) is 2. The van der Waals surface area contributed by atoms with Crippen molar-refractivity contribution in [2.45, 2.75) is 31.2 Å². The molecular formula is C28H32N2O8. The summed E-state index contributed by atoms with van der Waals surface area (Å²) in [5.74, 6) is 0.734. The minimum absolute atomic E-state index is 0.0953. The summed E-state index contributed by atoms with van der Waals surface area (Å²) in [7, 11) is 2.96. The van der Waals surface area contributed by atoms with Crippen molar-refractivity contribution in [3.8, 4) is 28.7 Å². The summed E-state index contributed by atoms with van der Waals surface area (Å²) in [5, 5.41) is 14.2. The van der Waals surface area contributed by atoms with Crippen molar-refractivity contribution >= 4 is 11.9 Å². The minimum atomic E-state index is -0.459. The Morgan fingerprint density at radius 1 is 1.03 bits per heavy atom. The first kappa shape index (κ1) is 24.7. The van der Waals surface area contributed by atoms with Crippen LogP contribution in [0.25, 0.3) is 0 Å². The van der Waals surface area contributed by atoms with Crippen LogP contribution in [-0.4, -0.2) is 69.1 Å². The van der Waals surface area contributed by atoms with Gasteiger partial charge < -0.3 is 39.0 Å². The largest absolute Gasteiger partial charge is 0.502 e. The fourth-order valence-corrected chi connectivity index (χ4v) is 6.39. The smallest absolute Gasteiger partial charge is 0.310 e. The highest BCUT2D eigenvalue weighted by molar-refractivity contribution is 5.79. The summed E-state index contributed by atoms with van der Waals surface area (Å²) in [6, 6.07) is 7.30. The van der Waals surface area contributed by atoms with Gasteiger partial charge >= 0.3 is 5.97 Å². The number of carbonyl (C=O) groups is 2. The number of hydrogen-bond acceptors (Lipinski definition) is 9. The number of amides is 1. The molecule has 0 aromatic heterocycles. The molecule has 2 N–H and O–H groups in total. The van der Waals surface area contributed by atoms with Crippen LogP contribution in [0.1, 0.15) is 47.9 Å². The van der Waals surface area contributed by atoms with Crippen LogP contribution in [0, 0.1) is 11.8 Å². The SMILES string of the molecule is COc1cc([C@H]2c3cc4c(cc3[C@@H](NCCCN3CCCC3=O)C3COC(=O)[C@@H]32)OCO4)cc(OC)c1O. The predicted molar refractivity (Wildman–Crippen MR) is 135 cm³/mol. The van der Waals surface area contributed by atoms with E-state index in [-0.39, 0.29) is 53.8 Å². The van der Waals surface area contributed by atoms with Gasteiger partial charge in [-0.05, 0) is 60.3 Å². The molecule has 10 heteroatoms. The quantitative estimate of drug-likeness (QED) is 0.397. The monoisotopic (exact) mass is 524 g/mol. The minimum Gasteiger partial charge on any atom is -0.502 e. The maximum Gasteiger partial charge on any atom is 0.310 e. The first-order valence-corrected chi connectivity index (χ1v) is 13.1. The Morgan fingerprint density at radius 2 is 1.74 bits per heavy atom. The molecule has 4 atom stereocenters. The number of phenols is 1. The molecule has 38 heavy (non-hydrogen) atoms. The van der Waals surface area contributed by atoms with Gasteiger partial charge in [-0.2, -0.15) is 0 Å². The molecule has 2 aromatic carbocycles. The van der Waals surface area contributed by atoms with Crippen molar-refractivity contribution in [3.63, 3.8) is 0 Å². The topological polar surface area (TPSA) is 116 Å². The second kappa shape index (κ2) is 9.90. The molecule has 3 heterocycles. The Bertz CT molecular complexity index is 1240. The number of fused-ring (bicyclic) bond motifs is 3. The number of rotatable bonds is 8. The first-order valence-electron chi connectivity index (χ1n) is 13.1. The summed E-state index contributed by atoms with van der Waals surface area (Å²) in [6.45, 7) is 2.66. The molecule has 2 saturated heterocycles. The molecule has 1 amide bonds. The number of esters is 1. The molecule has 202 valence electrons. The van der Waals surface area contributed by atoms with Crippen LogP contribution < -0.4 is 24.3 Å². The maximum atomic E-state index is 13.2. The van der Waals surface area contributed by atoms with E-state index in [0.717, 1.165) is 36.1 Å². The van der Waals surface area contributed by atoms with Crippen LogP contribution in [0.4, 0.5) is 0 Å². The van der Waals surface area contributed by atoms with E-state index in [0.29, 0.717) is 37.6 Å². The van der Waals surface area contributed by atoms with E-state index in [1.54, 1.807) is 12.1 Å². The Balaban J connectivity index is 1.38. The molecule has 4 aliphatic rings. The molecule has 3 aliphatic heterocycles. The van der Waals surface area contributed by atoms with Crippen molar-refractivity contribution in [2.75, 3.05) is 47.3 Å². The number of methoxy groups -OCH3 is 2. The zero-order chi connectivity index (χ0) is 26.4. The molecule has 1 unspecified atom stereocenters. The third-order valence-electron chi connectivity index (χ3n) is 8.19. The lowest BCUT2D eigenvalue weighted by atomic mass is 9.65. The second-order valence-corrected chi connectivity index (χ2v) is 10.2. The molecule has 0 spiro atoms. The summed E-state index contributed by atoms with van der Waals surface area (Å²) in [5.41, 5.74) is 2.72. The molecular weight excluding hydrogens is 492 g/mol. The van der Waals surface area contributed by atoms with Crippen LogP contribution in [0.2, 0.25) is 0 Å². The van der Waals surface area contributed by atoms with Gasteiger partial charge in [0.2, 0.25) is 18.4 Å². The van der Waals surface area contributed by atoms with Gasteiger partial charge in [-0.3, -0.25) is 9.59 Å². The molecule has 2 aromatic rings. The van der Waals surface area contributed by atoms with Crippen molar-refractivity contribution in [1.82, 2.24) is 10.2 Å². The number of benzene rings is 2. The standard InChI is InChI=1S/C28H32N2O8/c1-34-21-9-15(10-22(35-2)27(21)32)24-16-11-19-20(38-14-37-19)12-17(16)26(18-13-36-28(33)25(18)24)29-6-4-8-30-7-3-5-23(30)31/h9-12,18,24-26,29,32H,3-8,13-14H2,1-2H3/t18?,24-,25-,26+/m0/s1. The van der Waals surface area contributed by atoms with Gasteiger partial charge in [0.15, 0.2) is 23.0 Å². The van der Waals surface area contributed by atoms with E-state index in [1.165, 1.54) is 14.2 Å².